The Kier molecular flexibility index (Phi) is 11.4. The van der Waals surface area contributed by atoms with Crippen molar-refractivity contribution in [3.05, 3.63) is 0 Å². The van der Waals surface area contributed by atoms with Gasteiger partial charge in [-0.05, 0) is 46.1 Å². The number of amides is 2. The normalized spacial score (nSPS) is 14.1. The SMILES string of the molecule is CCCCNC[C@H](O)CNC(=O)[C@H](CC(C)C)NC(=O)OC(C)(C)C. The Morgan fingerprint density at radius 2 is 1.80 bits per heavy atom. The van der Waals surface area contributed by atoms with Crippen LogP contribution in [0, 0.1) is 5.92 Å². The summed E-state index contributed by atoms with van der Waals surface area (Å²) in [4.78, 5) is 24.3. The van der Waals surface area contributed by atoms with Crippen molar-refractivity contribution in [3.63, 3.8) is 0 Å². The van der Waals surface area contributed by atoms with Crippen molar-refractivity contribution in [1.82, 2.24) is 16.0 Å². The molecule has 0 spiro atoms. The van der Waals surface area contributed by atoms with Gasteiger partial charge in [0.15, 0.2) is 0 Å². The summed E-state index contributed by atoms with van der Waals surface area (Å²) in [6.07, 6.45) is 1.36. The van der Waals surface area contributed by atoms with Gasteiger partial charge in [-0.3, -0.25) is 4.79 Å². The molecule has 0 aromatic rings. The quantitative estimate of drug-likeness (QED) is 0.422. The fourth-order valence-electron chi connectivity index (χ4n) is 2.14. The van der Waals surface area contributed by atoms with Crippen LogP contribution in [0.1, 0.15) is 60.8 Å². The molecule has 0 saturated heterocycles. The molecule has 25 heavy (non-hydrogen) atoms. The molecule has 0 fully saturated rings. The Bertz CT molecular complexity index is 394. The van der Waals surface area contributed by atoms with E-state index in [1.807, 2.05) is 13.8 Å². The summed E-state index contributed by atoms with van der Waals surface area (Å²) in [6.45, 7) is 12.8. The Morgan fingerprint density at radius 3 is 2.32 bits per heavy atom. The van der Waals surface area contributed by atoms with E-state index in [4.69, 9.17) is 4.74 Å². The number of hydrogen-bond donors (Lipinski definition) is 4. The van der Waals surface area contributed by atoms with E-state index in [9.17, 15) is 14.7 Å². The van der Waals surface area contributed by atoms with Crippen LogP contribution in [0.15, 0.2) is 0 Å². The summed E-state index contributed by atoms with van der Waals surface area (Å²) in [7, 11) is 0. The number of carbonyl (C=O) groups is 2. The lowest BCUT2D eigenvalue weighted by molar-refractivity contribution is -0.124. The Labute approximate surface area is 152 Å². The average molecular weight is 360 g/mol. The predicted molar refractivity (Wildman–Crippen MR) is 99.4 cm³/mol. The van der Waals surface area contributed by atoms with Gasteiger partial charge in [0.2, 0.25) is 5.91 Å². The van der Waals surface area contributed by atoms with Gasteiger partial charge in [-0.25, -0.2) is 4.79 Å². The predicted octanol–water partition coefficient (Wildman–Crippen LogP) is 1.79. The molecular formula is C18H37N3O4. The topological polar surface area (TPSA) is 99.7 Å². The van der Waals surface area contributed by atoms with Gasteiger partial charge in [0.25, 0.3) is 0 Å². The van der Waals surface area contributed by atoms with Crippen LogP contribution in [0.3, 0.4) is 0 Å². The standard InChI is InChI=1S/C18H37N3O4/c1-7-8-9-19-11-14(22)12-20-16(23)15(10-13(2)3)21-17(24)25-18(4,5)6/h13-15,19,22H,7-12H2,1-6H3,(H,20,23)(H,21,24)/t14-,15-/m0/s1. The van der Waals surface area contributed by atoms with E-state index in [2.05, 4.69) is 22.9 Å². The fraction of sp³-hybridized carbons (Fsp3) is 0.889. The van der Waals surface area contributed by atoms with Gasteiger partial charge in [0.05, 0.1) is 6.10 Å². The fourth-order valence-corrected chi connectivity index (χ4v) is 2.14. The van der Waals surface area contributed by atoms with Gasteiger partial charge in [-0.1, -0.05) is 27.2 Å². The van der Waals surface area contributed by atoms with Crippen molar-refractivity contribution in [3.8, 4) is 0 Å². The Hall–Kier alpha value is -1.34. The molecule has 4 N–H and O–H groups in total. The second-order valence-electron chi connectivity index (χ2n) is 7.79. The van der Waals surface area contributed by atoms with E-state index < -0.39 is 23.8 Å². The number of hydrogen-bond acceptors (Lipinski definition) is 5. The lowest BCUT2D eigenvalue weighted by atomic mass is 10.0. The highest BCUT2D eigenvalue weighted by molar-refractivity contribution is 5.85. The highest BCUT2D eigenvalue weighted by atomic mass is 16.6. The maximum Gasteiger partial charge on any atom is 0.408 e. The third-order valence-corrected chi connectivity index (χ3v) is 3.31. The van der Waals surface area contributed by atoms with E-state index in [-0.39, 0.29) is 18.4 Å². The Morgan fingerprint density at radius 1 is 1.16 bits per heavy atom. The molecule has 0 rings (SSSR count). The van der Waals surface area contributed by atoms with Gasteiger partial charge < -0.3 is 25.8 Å². The summed E-state index contributed by atoms with van der Waals surface area (Å²) in [5.74, 6) is -0.0847. The molecule has 0 aliphatic heterocycles. The molecule has 0 aliphatic rings. The summed E-state index contributed by atoms with van der Waals surface area (Å²) in [6, 6.07) is -0.685. The third-order valence-electron chi connectivity index (χ3n) is 3.31. The van der Waals surface area contributed by atoms with Crippen LogP contribution in [-0.4, -0.2) is 54.5 Å². The molecule has 0 heterocycles. The third kappa shape index (κ3) is 13.6. The van der Waals surface area contributed by atoms with E-state index >= 15 is 0 Å². The number of rotatable bonds is 11. The van der Waals surface area contributed by atoms with Gasteiger partial charge >= 0.3 is 6.09 Å². The van der Waals surface area contributed by atoms with Crippen molar-refractivity contribution in [2.24, 2.45) is 5.92 Å². The van der Waals surface area contributed by atoms with Crippen molar-refractivity contribution >= 4 is 12.0 Å². The molecule has 0 unspecified atom stereocenters. The number of nitrogens with one attached hydrogen (secondary N) is 3. The lowest BCUT2D eigenvalue weighted by Gasteiger charge is -2.24. The molecule has 2 amide bonds. The number of aliphatic hydroxyl groups excluding tert-OH is 1. The van der Waals surface area contributed by atoms with E-state index in [1.165, 1.54) is 0 Å². The molecule has 7 nitrogen and oxygen atoms in total. The molecule has 0 aliphatic carbocycles. The monoisotopic (exact) mass is 359 g/mol. The van der Waals surface area contributed by atoms with Crippen molar-refractivity contribution < 1.29 is 19.4 Å². The number of unbranched alkanes of at least 4 members (excludes halogenated alkanes) is 1. The lowest BCUT2D eigenvalue weighted by Crippen LogP contribution is -2.50. The molecule has 0 radical (unpaired) electrons. The van der Waals surface area contributed by atoms with Crippen LogP contribution in [0.4, 0.5) is 4.79 Å². The summed E-state index contributed by atoms with van der Waals surface area (Å²) in [5.41, 5.74) is -0.622. The maximum absolute atomic E-state index is 12.3. The van der Waals surface area contributed by atoms with Crippen LogP contribution in [-0.2, 0) is 9.53 Å². The molecule has 7 heteroatoms. The number of carbonyl (C=O) groups excluding carboxylic acids is 2. The number of alkyl carbamates (subject to hydrolysis) is 1. The van der Waals surface area contributed by atoms with Gasteiger partial charge in [-0.2, -0.15) is 0 Å². The first-order valence-corrected chi connectivity index (χ1v) is 9.21. The van der Waals surface area contributed by atoms with Crippen LogP contribution in [0.25, 0.3) is 0 Å². The first-order chi connectivity index (χ1) is 11.5. The molecule has 0 bridgehead atoms. The molecule has 2 atom stereocenters. The zero-order valence-electron chi connectivity index (χ0n) is 16.6. The minimum Gasteiger partial charge on any atom is -0.444 e. The van der Waals surface area contributed by atoms with Crippen molar-refractivity contribution in [2.45, 2.75) is 78.6 Å². The first kappa shape index (κ1) is 23.7. The zero-order valence-corrected chi connectivity index (χ0v) is 16.6. The molecule has 0 aromatic carbocycles. The van der Waals surface area contributed by atoms with E-state index in [0.29, 0.717) is 13.0 Å². The number of aliphatic hydroxyl groups is 1. The smallest absolute Gasteiger partial charge is 0.408 e. The zero-order chi connectivity index (χ0) is 19.5. The molecular weight excluding hydrogens is 322 g/mol. The largest absolute Gasteiger partial charge is 0.444 e. The van der Waals surface area contributed by atoms with Crippen LogP contribution < -0.4 is 16.0 Å². The highest BCUT2D eigenvalue weighted by Crippen LogP contribution is 2.09. The van der Waals surface area contributed by atoms with Gasteiger partial charge in [0, 0.05) is 13.1 Å². The van der Waals surface area contributed by atoms with Crippen molar-refractivity contribution in [2.75, 3.05) is 19.6 Å². The highest BCUT2D eigenvalue weighted by Gasteiger charge is 2.25. The second-order valence-corrected chi connectivity index (χ2v) is 7.79. The van der Waals surface area contributed by atoms with Crippen molar-refractivity contribution in [1.29, 1.82) is 0 Å². The molecule has 0 saturated carbocycles. The minimum absolute atomic E-state index is 0.141. The van der Waals surface area contributed by atoms with Crippen LogP contribution in [0.2, 0.25) is 0 Å². The summed E-state index contributed by atoms with van der Waals surface area (Å²) >= 11 is 0. The molecule has 148 valence electrons. The molecule has 0 aromatic heterocycles. The van der Waals surface area contributed by atoms with E-state index in [0.717, 1.165) is 19.4 Å². The van der Waals surface area contributed by atoms with Crippen LogP contribution >= 0.6 is 0 Å². The Balaban J connectivity index is 4.41. The van der Waals surface area contributed by atoms with Gasteiger partial charge in [0.1, 0.15) is 11.6 Å². The average Bonchev–Trinajstić information content (AvgIpc) is 2.46. The number of ether oxygens (including phenoxy) is 1. The van der Waals surface area contributed by atoms with Crippen LogP contribution in [0.5, 0.6) is 0 Å². The maximum atomic E-state index is 12.3. The summed E-state index contributed by atoms with van der Waals surface area (Å²) in [5, 5.41) is 18.4. The van der Waals surface area contributed by atoms with E-state index in [1.54, 1.807) is 20.8 Å². The van der Waals surface area contributed by atoms with Gasteiger partial charge in [-0.15, -0.1) is 0 Å². The summed E-state index contributed by atoms with van der Waals surface area (Å²) < 4.78 is 5.21. The minimum atomic E-state index is -0.685. The first-order valence-electron chi connectivity index (χ1n) is 9.21. The second kappa shape index (κ2) is 12.1.